The van der Waals surface area contributed by atoms with E-state index in [0.717, 1.165) is 5.56 Å². The number of phenols is 1. The van der Waals surface area contributed by atoms with E-state index in [9.17, 15) is 8.42 Å². The van der Waals surface area contributed by atoms with Gasteiger partial charge in [-0.15, -0.1) is 0 Å². The molecule has 0 saturated heterocycles. The molecule has 1 rings (SSSR count). The predicted octanol–water partition coefficient (Wildman–Crippen LogP) is 1.32. The van der Waals surface area contributed by atoms with E-state index in [1.807, 2.05) is 6.92 Å². The van der Waals surface area contributed by atoms with Gasteiger partial charge in [-0.25, -0.2) is 0 Å². The Morgan fingerprint density at radius 3 is 2.41 bits per heavy atom. The lowest BCUT2D eigenvalue weighted by atomic mass is 10.1. The van der Waals surface area contributed by atoms with Crippen LogP contribution in [0.3, 0.4) is 0 Å². The molecule has 1 atom stereocenters. The van der Waals surface area contributed by atoms with Crippen LogP contribution in [-0.2, 0) is 10.1 Å². The SMILES string of the molecule is C[C@H](NCCCS(=O)(=O)O)c1ccc(O)cc1. The van der Waals surface area contributed by atoms with Crippen LogP contribution in [0.25, 0.3) is 0 Å². The summed E-state index contributed by atoms with van der Waals surface area (Å²) in [7, 11) is -3.87. The highest BCUT2D eigenvalue weighted by Crippen LogP contribution is 2.16. The predicted molar refractivity (Wildman–Crippen MR) is 65.6 cm³/mol. The Kier molecular flexibility index (Phi) is 4.92. The number of rotatable bonds is 6. The topological polar surface area (TPSA) is 86.6 Å². The number of benzene rings is 1. The summed E-state index contributed by atoms with van der Waals surface area (Å²) in [5.41, 5.74) is 1.01. The molecule has 0 aromatic heterocycles. The average molecular weight is 259 g/mol. The highest BCUT2D eigenvalue weighted by atomic mass is 32.2. The van der Waals surface area contributed by atoms with Crippen molar-refractivity contribution in [2.24, 2.45) is 0 Å². The molecule has 0 aliphatic heterocycles. The van der Waals surface area contributed by atoms with E-state index in [1.54, 1.807) is 24.3 Å². The van der Waals surface area contributed by atoms with Gasteiger partial charge in [0, 0.05) is 6.04 Å². The third kappa shape index (κ3) is 5.67. The van der Waals surface area contributed by atoms with Crippen molar-refractivity contribution in [3.63, 3.8) is 0 Å². The Morgan fingerprint density at radius 2 is 1.88 bits per heavy atom. The Morgan fingerprint density at radius 1 is 1.29 bits per heavy atom. The minimum atomic E-state index is -3.87. The molecular weight excluding hydrogens is 242 g/mol. The molecule has 0 aliphatic carbocycles. The fraction of sp³-hybridized carbons (Fsp3) is 0.455. The molecule has 0 bridgehead atoms. The van der Waals surface area contributed by atoms with Crippen molar-refractivity contribution in [2.75, 3.05) is 12.3 Å². The van der Waals surface area contributed by atoms with Gasteiger partial charge in [0.1, 0.15) is 5.75 Å². The molecule has 0 aliphatic rings. The van der Waals surface area contributed by atoms with E-state index >= 15 is 0 Å². The fourth-order valence-electron chi connectivity index (χ4n) is 1.45. The molecular formula is C11H17NO4S. The maximum absolute atomic E-state index is 10.5. The van der Waals surface area contributed by atoms with Crippen LogP contribution in [0.5, 0.6) is 5.75 Å². The summed E-state index contributed by atoms with van der Waals surface area (Å²) in [5, 5.41) is 12.3. The molecule has 1 aromatic rings. The highest BCUT2D eigenvalue weighted by Gasteiger charge is 2.06. The second-order valence-corrected chi connectivity index (χ2v) is 5.48. The van der Waals surface area contributed by atoms with Crippen LogP contribution < -0.4 is 5.32 Å². The molecule has 1 aromatic carbocycles. The van der Waals surface area contributed by atoms with Gasteiger partial charge in [-0.3, -0.25) is 4.55 Å². The largest absolute Gasteiger partial charge is 0.508 e. The normalized spacial score (nSPS) is 13.5. The van der Waals surface area contributed by atoms with E-state index in [2.05, 4.69) is 5.32 Å². The maximum atomic E-state index is 10.5. The van der Waals surface area contributed by atoms with Gasteiger partial charge < -0.3 is 10.4 Å². The monoisotopic (exact) mass is 259 g/mol. The summed E-state index contributed by atoms with van der Waals surface area (Å²) in [6.07, 6.45) is 0.362. The van der Waals surface area contributed by atoms with Crippen LogP contribution in [0, 0.1) is 0 Å². The molecule has 0 fully saturated rings. The summed E-state index contributed by atoms with van der Waals surface area (Å²) in [6, 6.07) is 6.88. The summed E-state index contributed by atoms with van der Waals surface area (Å²) < 4.78 is 29.5. The number of hydrogen-bond acceptors (Lipinski definition) is 4. The quantitative estimate of drug-likeness (QED) is 0.530. The van der Waals surface area contributed by atoms with Crippen LogP contribution in [-0.4, -0.2) is 30.4 Å². The zero-order valence-electron chi connectivity index (χ0n) is 9.63. The standard InChI is InChI=1S/C11H17NO4S/c1-9(10-3-5-11(13)6-4-10)12-7-2-8-17(14,15)16/h3-6,9,12-13H,2,7-8H2,1H3,(H,14,15,16)/t9-/m0/s1. The number of phenolic OH excluding ortho intramolecular Hbond substituents is 1. The fourth-order valence-corrected chi connectivity index (χ4v) is 1.96. The van der Waals surface area contributed by atoms with E-state index in [1.165, 1.54) is 0 Å². The lowest BCUT2D eigenvalue weighted by molar-refractivity contribution is 0.472. The van der Waals surface area contributed by atoms with Gasteiger partial charge in [-0.1, -0.05) is 12.1 Å². The molecule has 0 radical (unpaired) electrons. The first-order valence-electron chi connectivity index (χ1n) is 5.36. The van der Waals surface area contributed by atoms with Crippen LogP contribution >= 0.6 is 0 Å². The summed E-state index contributed by atoms with van der Waals surface area (Å²) >= 11 is 0. The van der Waals surface area contributed by atoms with Gasteiger partial charge in [0.05, 0.1) is 5.75 Å². The van der Waals surface area contributed by atoms with Crippen LogP contribution in [0.1, 0.15) is 24.9 Å². The van der Waals surface area contributed by atoms with Crippen molar-refractivity contribution in [3.05, 3.63) is 29.8 Å². The van der Waals surface area contributed by atoms with Gasteiger partial charge in [-0.05, 0) is 37.6 Å². The van der Waals surface area contributed by atoms with Crippen molar-refractivity contribution < 1.29 is 18.1 Å². The zero-order chi connectivity index (χ0) is 12.9. The molecule has 0 saturated carbocycles. The van der Waals surface area contributed by atoms with E-state index in [4.69, 9.17) is 9.66 Å². The average Bonchev–Trinajstić information content (AvgIpc) is 2.24. The number of hydrogen-bond donors (Lipinski definition) is 3. The lowest BCUT2D eigenvalue weighted by Crippen LogP contribution is -2.21. The number of aromatic hydroxyl groups is 1. The Labute approximate surface area is 101 Å². The third-order valence-electron chi connectivity index (χ3n) is 2.42. The molecule has 6 heteroatoms. The zero-order valence-corrected chi connectivity index (χ0v) is 10.4. The van der Waals surface area contributed by atoms with Crippen molar-refractivity contribution in [1.82, 2.24) is 5.32 Å². The minimum absolute atomic E-state index is 0.0667. The van der Waals surface area contributed by atoms with Crippen molar-refractivity contribution in [3.8, 4) is 5.75 Å². The molecule has 3 N–H and O–H groups in total. The minimum Gasteiger partial charge on any atom is -0.508 e. The molecule has 0 spiro atoms. The Balaban J connectivity index is 2.35. The van der Waals surface area contributed by atoms with E-state index in [0.29, 0.717) is 13.0 Å². The first kappa shape index (κ1) is 14.0. The Bertz CT molecular complexity index is 441. The summed E-state index contributed by atoms with van der Waals surface area (Å²) in [4.78, 5) is 0. The molecule has 17 heavy (non-hydrogen) atoms. The lowest BCUT2D eigenvalue weighted by Gasteiger charge is -2.13. The van der Waals surface area contributed by atoms with Crippen LogP contribution in [0.15, 0.2) is 24.3 Å². The number of nitrogens with one attached hydrogen (secondary N) is 1. The van der Waals surface area contributed by atoms with Gasteiger partial charge in [0.15, 0.2) is 0 Å². The van der Waals surface area contributed by atoms with Gasteiger partial charge in [-0.2, -0.15) is 8.42 Å². The van der Waals surface area contributed by atoms with Gasteiger partial charge in [0.2, 0.25) is 0 Å². The second-order valence-electron chi connectivity index (χ2n) is 3.91. The van der Waals surface area contributed by atoms with E-state index in [-0.39, 0.29) is 17.5 Å². The summed E-state index contributed by atoms with van der Waals surface area (Å²) in [5.74, 6) is -0.0187. The van der Waals surface area contributed by atoms with Crippen molar-refractivity contribution in [1.29, 1.82) is 0 Å². The Hall–Kier alpha value is -1.11. The second kappa shape index (κ2) is 6.00. The molecule has 0 unspecified atom stereocenters. The summed E-state index contributed by atoms with van der Waals surface area (Å²) in [6.45, 7) is 2.45. The van der Waals surface area contributed by atoms with Crippen LogP contribution in [0.4, 0.5) is 0 Å². The smallest absolute Gasteiger partial charge is 0.264 e. The van der Waals surface area contributed by atoms with Gasteiger partial charge >= 0.3 is 0 Å². The molecule has 0 heterocycles. The molecule has 0 amide bonds. The third-order valence-corrected chi connectivity index (χ3v) is 3.23. The van der Waals surface area contributed by atoms with Crippen LogP contribution in [0.2, 0.25) is 0 Å². The van der Waals surface area contributed by atoms with Gasteiger partial charge in [0.25, 0.3) is 10.1 Å². The maximum Gasteiger partial charge on any atom is 0.264 e. The van der Waals surface area contributed by atoms with Crippen molar-refractivity contribution >= 4 is 10.1 Å². The molecule has 5 nitrogen and oxygen atoms in total. The highest BCUT2D eigenvalue weighted by molar-refractivity contribution is 7.85. The van der Waals surface area contributed by atoms with E-state index < -0.39 is 10.1 Å². The first-order valence-corrected chi connectivity index (χ1v) is 6.97. The first-order chi connectivity index (χ1) is 7.88. The molecule has 96 valence electrons. The van der Waals surface area contributed by atoms with Crippen molar-refractivity contribution in [2.45, 2.75) is 19.4 Å².